The molecule has 0 bridgehead atoms. The van der Waals surface area contributed by atoms with E-state index in [4.69, 9.17) is 5.11 Å². The number of hydrogen-bond acceptors (Lipinski definition) is 2. The molecule has 1 N–H and O–H groups in total. The number of rotatable bonds is 11. The minimum absolute atomic E-state index is 0.0331. The van der Waals surface area contributed by atoms with Gasteiger partial charge in [-0.25, -0.2) is 0 Å². The molecule has 3 heteroatoms. The Morgan fingerprint density at radius 1 is 0.905 bits per heavy atom. The van der Waals surface area contributed by atoms with Crippen molar-refractivity contribution in [2.45, 2.75) is 64.7 Å². The molecule has 0 aliphatic carbocycles. The average Bonchev–Trinajstić information content (AvgIpc) is 2.47. The van der Waals surface area contributed by atoms with Crippen LogP contribution in [-0.2, 0) is 11.2 Å². The molecule has 0 fully saturated rings. The lowest BCUT2D eigenvalue weighted by molar-refractivity contribution is -0.137. The Kier molecular flexibility index (Phi) is 8.41. The van der Waals surface area contributed by atoms with Crippen molar-refractivity contribution < 1.29 is 14.7 Å². The highest BCUT2D eigenvalue weighted by Gasteiger charge is 2.07. The van der Waals surface area contributed by atoms with Crippen molar-refractivity contribution in [1.29, 1.82) is 0 Å². The molecule has 0 heterocycles. The Morgan fingerprint density at radius 2 is 1.57 bits per heavy atom. The molecule has 1 rings (SSSR count). The molecular weight excluding hydrogens is 264 g/mol. The summed E-state index contributed by atoms with van der Waals surface area (Å²) in [6.45, 7) is 2.21. The van der Waals surface area contributed by atoms with Gasteiger partial charge >= 0.3 is 5.97 Å². The highest BCUT2D eigenvalue weighted by atomic mass is 16.4. The third-order valence-corrected chi connectivity index (χ3v) is 3.64. The van der Waals surface area contributed by atoms with E-state index in [2.05, 4.69) is 6.92 Å². The normalized spacial score (nSPS) is 10.5. The molecule has 0 aromatic heterocycles. The number of carboxylic acids is 1. The summed E-state index contributed by atoms with van der Waals surface area (Å²) in [5.74, 6) is -0.813. The number of carbonyl (C=O) groups excluding carboxylic acids is 1. The molecule has 21 heavy (non-hydrogen) atoms. The van der Waals surface area contributed by atoms with Crippen molar-refractivity contribution >= 4 is 11.8 Å². The van der Waals surface area contributed by atoms with Gasteiger partial charge in [-0.15, -0.1) is 0 Å². The maximum Gasteiger partial charge on any atom is 0.303 e. The van der Waals surface area contributed by atoms with E-state index in [0.717, 1.165) is 6.42 Å². The van der Waals surface area contributed by atoms with Gasteiger partial charge in [0.1, 0.15) is 0 Å². The average molecular weight is 290 g/mol. The van der Waals surface area contributed by atoms with Gasteiger partial charge in [0, 0.05) is 18.4 Å². The Labute approximate surface area is 127 Å². The first kappa shape index (κ1) is 17.4. The number of aliphatic carboxylic acids is 1. The van der Waals surface area contributed by atoms with Crippen molar-refractivity contribution in [2.75, 3.05) is 0 Å². The Bertz CT molecular complexity index is 434. The zero-order valence-electron chi connectivity index (χ0n) is 12.9. The van der Waals surface area contributed by atoms with Gasteiger partial charge in [0.15, 0.2) is 5.78 Å². The maximum absolute atomic E-state index is 11.9. The van der Waals surface area contributed by atoms with E-state index in [-0.39, 0.29) is 12.2 Å². The van der Waals surface area contributed by atoms with E-state index >= 15 is 0 Å². The van der Waals surface area contributed by atoms with Crippen LogP contribution in [0.2, 0.25) is 0 Å². The van der Waals surface area contributed by atoms with Crippen LogP contribution < -0.4 is 0 Å². The van der Waals surface area contributed by atoms with Crippen LogP contribution in [0.5, 0.6) is 0 Å². The van der Waals surface area contributed by atoms with Gasteiger partial charge in [0.2, 0.25) is 0 Å². The molecule has 116 valence electrons. The molecular formula is C18H26O3. The number of carboxylic acid groups (broad SMARTS) is 1. The molecule has 0 saturated carbocycles. The molecule has 0 spiro atoms. The van der Waals surface area contributed by atoms with Crippen LogP contribution in [0.3, 0.4) is 0 Å². The van der Waals surface area contributed by atoms with Crippen molar-refractivity contribution in [3.63, 3.8) is 0 Å². The summed E-state index contributed by atoms with van der Waals surface area (Å²) in [6.07, 6.45) is 8.18. The highest BCUT2D eigenvalue weighted by Crippen LogP contribution is 2.12. The summed E-state index contributed by atoms with van der Waals surface area (Å²) < 4.78 is 0. The van der Waals surface area contributed by atoms with Crippen molar-refractivity contribution in [2.24, 2.45) is 0 Å². The number of ketones is 1. The highest BCUT2D eigenvalue weighted by molar-refractivity contribution is 5.96. The monoisotopic (exact) mass is 290 g/mol. The van der Waals surface area contributed by atoms with Gasteiger partial charge in [-0.1, -0.05) is 56.9 Å². The number of benzene rings is 1. The fraction of sp³-hybridized carbons (Fsp3) is 0.556. The van der Waals surface area contributed by atoms with Gasteiger partial charge < -0.3 is 5.11 Å². The lowest BCUT2D eigenvalue weighted by Gasteiger charge is -2.04. The summed E-state index contributed by atoms with van der Waals surface area (Å²) in [5, 5.41) is 8.56. The largest absolute Gasteiger partial charge is 0.481 e. The first-order chi connectivity index (χ1) is 10.1. The molecule has 0 saturated heterocycles. The minimum Gasteiger partial charge on any atom is -0.481 e. The molecule has 1 aromatic rings. The van der Waals surface area contributed by atoms with Crippen LogP contribution in [0, 0.1) is 0 Å². The third kappa shape index (κ3) is 7.64. The smallest absolute Gasteiger partial charge is 0.303 e. The number of unbranched alkanes of at least 4 members (excludes halogenated alkanes) is 4. The number of hydrogen-bond donors (Lipinski definition) is 1. The molecule has 0 radical (unpaired) electrons. The second-order valence-electron chi connectivity index (χ2n) is 5.53. The third-order valence-electron chi connectivity index (χ3n) is 3.64. The van der Waals surface area contributed by atoms with Gasteiger partial charge in [0.05, 0.1) is 0 Å². The second kappa shape index (κ2) is 10.1. The molecule has 0 aliphatic rings. The van der Waals surface area contributed by atoms with Gasteiger partial charge in [0.25, 0.3) is 0 Å². The number of carbonyl (C=O) groups is 2. The first-order valence-corrected chi connectivity index (χ1v) is 7.97. The van der Waals surface area contributed by atoms with Crippen molar-refractivity contribution in [1.82, 2.24) is 0 Å². The van der Waals surface area contributed by atoms with E-state index in [1.54, 1.807) is 0 Å². The Hall–Kier alpha value is -1.64. The quantitative estimate of drug-likeness (QED) is 0.477. The number of Topliss-reactive ketones (excluding diaryl/α,β-unsaturated/α-hetero) is 1. The molecule has 0 aliphatic heterocycles. The van der Waals surface area contributed by atoms with Crippen molar-refractivity contribution in [3.8, 4) is 0 Å². The van der Waals surface area contributed by atoms with E-state index in [1.807, 2.05) is 24.3 Å². The molecule has 3 nitrogen and oxygen atoms in total. The zero-order valence-corrected chi connectivity index (χ0v) is 12.9. The van der Waals surface area contributed by atoms with Crippen LogP contribution in [0.1, 0.15) is 74.2 Å². The number of aryl methyl sites for hydroxylation is 1. The molecule has 0 amide bonds. The molecule has 1 aromatic carbocycles. The van der Waals surface area contributed by atoms with Crippen LogP contribution >= 0.6 is 0 Å². The van der Waals surface area contributed by atoms with Crippen LogP contribution in [0.15, 0.2) is 24.3 Å². The van der Waals surface area contributed by atoms with E-state index in [0.29, 0.717) is 18.4 Å². The van der Waals surface area contributed by atoms with Crippen LogP contribution in [-0.4, -0.2) is 16.9 Å². The summed E-state index contributed by atoms with van der Waals surface area (Å²) in [7, 11) is 0. The second-order valence-corrected chi connectivity index (χ2v) is 5.53. The lowest BCUT2D eigenvalue weighted by atomic mass is 10.0. The molecule has 0 unspecified atom stereocenters. The van der Waals surface area contributed by atoms with Crippen molar-refractivity contribution in [3.05, 3.63) is 35.4 Å². The molecule has 0 atom stereocenters. The van der Waals surface area contributed by atoms with E-state index in [1.165, 1.54) is 37.7 Å². The van der Waals surface area contributed by atoms with Gasteiger partial charge in [-0.3, -0.25) is 9.59 Å². The van der Waals surface area contributed by atoms with Gasteiger partial charge in [-0.05, 0) is 24.8 Å². The van der Waals surface area contributed by atoms with Crippen LogP contribution in [0.25, 0.3) is 0 Å². The first-order valence-electron chi connectivity index (χ1n) is 7.97. The fourth-order valence-corrected chi connectivity index (χ4v) is 2.33. The predicted octanol–water partition coefficient (Wildman–Crippen LogP) is 4.64. The fourth-order valence-electron chi connectivity index (χ4n) is 2.33. The summed E-state index contributed by atoms with van der Waals surface area (Å²) >= 11 is 0. The summed E-state index contributed by atoms with van der Waals surface area (Å²) in [6, 6.07) is 7.77. The predicted molar refractivity (Wildman–Crippen MR) is 84.7 cm³/mol. The van der Waals surface area contributed by atoms with Gasteiger partial charge in [-0.2, -0.15) is 0 Å². The topological polar surface area (TPSA) is 54.4 Å². The van der Waals surface area contributed by atoms with E-state index in [9.17, 15) is 9.59 Å². The standard InChI is InChI=1S/C18H26O3/c1-2-3-4-5-6-8-15-11-13-16(14-12-15)17(19)9-7-10-18(20)21/h11-14H,2-10H2,1H3,(H,20,21). The zero-order chi connectivity index (χ0) is 15.5. The Balaban J connectivity index is 2.32. The van der Waals surface area contributed by atoms with E-state index < -0.39 is 5.97 Å². The Morgan fingerprint density at radius 3 is 2.19 bits per heavy atom. The minimum atomic E-state index is -0.846. The lowest BCUT2D eigenvalue weighted by Crippen LogP contribution is -2.02. The summed E-state index contributed by atoms with van der Waals surface area (Å²) in [5.41, 5.74) is 1.96. The maximum atomic E-state index is 11.9. The van der Waals surface area contributed by atoms with Crippen LogP contribution in [0.4, 0.5) is 0 Å². The SMILES string of the molecule is CCCCCCCc1ccc(C(=O)CCCC(=O)O)cc1. The summed E-state index contributed by atoms with van der Waals surface area (Å²) in [4.78, 5) is 22.3.